The number of rotatable bonds is 6. The van der Waals surface area contributed by atoms with E-state index in [1.165, 1.54) is 19.3 Å². The van der Waals surface area contributed by atoms with Gasteiger partial charge in [-0.15, -0.1) is 5.10 Å². The Kier molecular flexibility index (Phi) is 5.65. The molecule has 2 N–H and O–H groups in total. The quantitative estimate of drug-likeness (QED) is 0.451. The van der Waals surface area contributed by atoms with Crippen molar-refractivity contribution in [2.75, 3.05) is 11.9 Å². The molecule has 1 heterocycles. The normalized spacial score (nSPS) is 23.0. The first-order chi connectivity index (χ1) is 15.8. The summed E-state index contributed by atoms with van der Waals surface area (Å²) >= 11 is 6.27. The fraction of sp³-hybridized carbons (Fsp3) is 0.423. The smallest absolute Gasteiger partial charge is 0.320 e. The highest BCUT2D eigenvalue weighted by molar-refractivity contribution is 6.33. The molecule has 1 aromatic heterocycles. The highest BCUT2D eigenvalue weighted by Crippen LogP contribution is 2.61. The molecule has 172 valence electrons. The molecule has 33 heavy (non-hydrogen) atoms. The lowest BCUT2D eigenvalue weighted by atomic mass is 9.45. The summed E-state index contributed by atoms with van der Waals surface area (Å²) in [4.78, 5) is 12.9. The Morgan fingerprint density at radius 2 is 2.00 bits per heavy atom. The molecule has 3 aliphatic rings. The number of nitrogens with one attached hydrogen (secondary N) is 2. The lowest BCUT2D eigenvalue weighted by Crippen LogP contribution is -2.54. The third-order valence-corrected chi connectivity index (χ3v) is 8.09. The van der Waals surface area contributed by atoms with Gasteiger partial charge >= 0.3 is 6.01 Å². The standard InChI is InChI=1S/C26H29ClN4O2/c1-15-6-4-9-21(27)22(15)29-25-31-30-24(33-25)17-8-5-7-16(12-17)23(32)28-14-18-10-11-19-13-20(18)26(19,2)3/h4-9,12,18-20H,10-11,13-14H2,1-3H3,(H,28,32)(H,29,31)/t18-,19-,20-/m0/s1. The Morgan fingerprint density at radius 1 is 1.18 bits per heavy atom. The van der Waals surface area contributed by atoms with E-state index in [2.05, 4.69) is 34.7 Å². The van der Waals surface area contributed by atoms with E-state index in [0.717, 1.165) is 23.7 Å². The SMILES string of the molecule is Cc1cccc(Cl)c1Nc1nnc(-c2cccc(C(=O)NC[C@@H]3CC[C@H]4C[C@@H]3C4(C)C)c2)o1. The van der Waals surface area contributed by atoms with Crippen molar-refractivity contribution in [2.24, 2.45) is 23.2 Å². The van der Waals surface area contributed by atoms with Crippen LogP contribution in [0.5, 0.6) is 0 Å². The Balaban J connectivity index is 1.25. The van der Waals surface area contributed by atoms with Crippen molar-refractivity contribution in [3.8, 4) is 11.5 Å². The summed E-state index contributed by atoms with van der Waals surface area (Å²) in [5.41, 5.74) is 3.40. The van der Waals surface area contributed by atoms with Gasteiger partial charge in [0, 0.05) is 17.7 Å². The van der Waals surface area contributed by atoms with Gasteiger partial charge in [0.05, 0.1) is 10.7 Å². The van der Waals surface area contributed by atoms with Gasteiger partial charge in [0.1, 0.15) is 0 Å². The number of hydrogen-bond acceptors (Lipinski definition) is 5. The highest BCUT2D eigenvalue weighted by atomic mass is 35.5. The zero-order valence-electron chi connectivity index (χ0n) is 19.2. The van der Waals surface area contributed by atoms with Gasteiger partial charge in [-0.1, -0.05) is 48.7 Å². The lowest BCUT2D eigenvalue weighted by Gasteiger charge is -2.60. The van der Waals surface area contributed by atoms with E-state index in [0.29, 0.717) is 39.3 Å². The van der Waals surface area contributed by atoms with Gasteiger partial charge < -0.3 is 15.1 Å². The second-order valence-corrected chi connectivity index (χ2v) is 10.4. The van der Waals surface area contributed by atoms with E-state index < -0.39 is 0 Å². The van der Waals surface area contributed by atoms with Gasteiger partial charge in [-0.3, -0.25) is 4.79 Å². The zero-order chi connectivity index (χ0) is 23.2. The van der Waals surface area contributed by atoms with Gasteiger partial charge in [0.15, 0.2) is 0 Å². The molecule has 3 fully saturated rings. The van der Waals surface area contributed by atoms with E-state index in [-0.39, 0.29) is 11.9 Å². The number of fused-ring (bicyclic) bond motifs is 2. The molecule has 0 unspecified atom stereocenters. The number of aromatic nitrogens is 2. The predicted octanol–water partition coefficient (Wildman–Crippen LogP) is 6.24. The molecule has 0 radical (unpaired) electrons. The number of aryl methyl sites for hydroxylation is 1. The molecule has 0 saturated heterocycles. The van der Waals surface area contributed by atoms with E-state index in [1.807, 2.05) is 37.3 Å². The number of para-hydroxylation sites is 1. The molecular weight excluding hydrogens is 436 g/mol. The number of nitrogens with zero attached hydrogens (tertiary/aromatic N) is 2. The predicted molar refractivity (Wildman–Crippen MR) is 130 cm³/mol. The number of halogens is 1. The largest absolute Gasteiger partial charge is 0.403 e. The first-order valence-corrected chi connectivity index (χ1v) is 11.9. The summed E-state index contributed by atoms with van der Waals surface area (Å²) in [6.45, 7) is 7.44. The molecule has 6 rings (SSSR count). The van der Waals surface area contributed by atoms with Crippen LogP contribution in [0.3, 0.4) is 0 Å². The Hall–Kier alpha value is -2.86. The van der Waals surface area contributed by atoms with Crippen LogP contribution in [0.2, 0.25) is 5.02 Å². The van der Waals surface area contributed by atoms with Crippen LogP contribution in [0.1, 0.15) is 49.0 Å². The van der Waals surface area contributed by atoms with Gasteiger partial charge in [-0.25, -0.2) is 0 Å². The summed E-state index contributed by atoms with van der Waals surface area (Å²) < 4.78 is 5.79. The molecule has 6 nitrogen and oxygen atoms in total. The number of hydrogen-bond donors (Lipinski definition) is 2. The van der Waals surface area contributed by atoms with Crippen LogP contribution in [-0.4, -0.2) is 22.6 Å². The first-order valence-electron chi connectivity index (χ1n) is 11.6. The zero-order valence-corrected chi connectivity index (χ0v) is 19.9. The number of anilines is 2. The maximum atomic E-state index is 12.9. The molecule has 3 aliphatic carbocycles. The fourth-order valence-electron chi connectivity index (χ4n) is 5.61. The first kappa shape index (κ1) is 22.0. The van der Waals surface area contributed by atoms with Crippen molar-refractivity contribution in [3.63, 3.8) is 0 Å². The summed E-state index contributed by atoms with van der Waals surface area (Å²) in [6, 6.07) is 13.2. The van der Waals surface area contributed by atoms with Gasteiger partial charge in [0.2, 0.25) is 5.89 Å². The van der Waals surface area contributed by atoms with Crippen molar-refractivity contribution in [1.29, 1.82) is 0 Å². The fourth-order valence-corrected chi connectivity index (χ4v) is 5.88. The van der Waals surface area contributed by atoms with Crippen LogP contribution < -0.4 is 10.6 Å². The van der Waals surface area contributed by atoms with E-state index in [9.17, 15) is 4.79 Å². The minimum atomic E-state index is -0.0688. The maximum Gasteiger partial charge on any atom is 0.320 e. The lowest BCUT2D eigenvalue weighted by molar-refractivity contribution is -0.103. The van der Waals surface area contributed by atoms with Crippen molar-refractivity contribution >= 4 is 29.2 Å². The number of benzene rings is 2. The second-order valence-electron chi connectivity index (χ2n) is 9.96. The van der Waals surface area contributed by atoms with E-state index >= 15 is 0 Å². The van der Waals surface area contributed by atoms with Crippen LogP contribution in [-0.2, 0) is 0 Å². The Bertz CT molecular complexity index is 1170. The van der Waals surface area contributed by atoms with Crippen LogP contribution in [0.15, 0.2) is 46.9 Å². The molecule has 2 aromatic carbocycles. The van der Waals surface area contributed by atoms with E-state index in [4.69, 9.17) is 16.0 Å². The molecular formula is C26H29ClN4O2. The Morgan fingerprint density at radius 3 is 2.76 bits per heavy atom. The molecule has 3 aromatic rings. The van der Waals surface area contributed by atoms with Crippen molar-refractivity contribution in [1.82, 2.24) is 15.5 Å². The minimum Gasteiger partial charge on any atom is -0.403 e. The molecule has 1 amide bonds. The number of carbonyl (C=O) groups is 1. The number of amides is 1. The molecule has 7 heteroatoms. The van der Waals surface area contributed by atoms with Crippen molar-refractivity contribution in [2.45, 2.75) is 40.0 Å². The molecule has 0 aliphatic heterocycles. The molecule has 2 bridgehead atoms. The third kappa shape index (κ3) is 4.12. The van der Waals surface area contributed by atoms with Crippen molar-refractivity contribution < 1.29 is 9.21 Å². The highest BCUT2D eigenvalue weighted by Gasteiger charge is 2.53. The minimum absolute atomic E-state index is 0.0688. The molecule has 0 spiro atoms. The monoisotopic (exact) mass is 464 g/mol. The van der Waals surface area contributed by atoms with Crippen LogP contribution in [0, 0.1) is 30.1 Å². The summed E-state index contributed by atoms with van der Waals surface area (Å²) in [5.74, 6) is 2.41. The molecule has 3 saturated carbocycles. The maximum absolute atomic E-state index is 12.9. The van der Waals surface area contributed by atoms with Gasteiger partial charge in [0.25, 0.3) is 5.91 Å². The van der Waals surface area contributed by atoms with Crippen LogP contribution >= 0.6 is 11.6 Å². The summed E-state index contributed by atoms with van der Waals surface area (Å²) in [7, 11) is 0. The molecule has 3 atom stereocenters. The number of carbonyl (C=O) groups excluding carboxylic acids is 1. The average Bonchev–Trinajstić information content (AvgIpc) is 3.29. The average molecular weight is 465 g/mol. The van der Waals surface area contributed by atoms with Gasteiger partial charge in [-0.2, -0.15) is 0 Å². The van der Waals surface area contributed by atoms with Crippen LogP contribution in [0.25, 0.3) is 11.5 Å². The van der Waals surface area contributed by atoms with Crippen LogP contribution in [0.4, 0.5) is 11.7 Å². The van der Waals surface area contributed by atoms with Crippen molar-refractivity contribution in [3.05, 3.63) is 58.6 Å². The topological polar surface area (TPSA) is 80.0 Å². The summed E-state index contributed by atoms with van der Waals surface area (Å²) in [6.07, 6.45) is 3.80. The second kappa shape index (κ2) is 8.49. The van der Waals surface area contributed by atoms with E-state index in [1.54, 1.807) is 12.1 Å². The van der Waals surface area contributed by atoms with Gasteiger partial charge in [-0.05, 0) is 79.2 Å². The Labute approximate surface area is 199 Å². The summed E-state index contributed by atoms with van der Waals surface area (Å²) in [5, 5.41) is 15.0. The third-order valence-electron chi connectivity index (χ3n) is 7.78.